The van der Waals surface area contributed by atoms with E-state index >= 15 is 0 Å². The second kappa shape index (κ2) is 4.57. The van der Waals surface area contributed by atoms with Crippen LogP contribution in [0.3, 0.4) is 0 Å². The van der Waals surface area contributed by atoms with E-state index in [0.29, 0.717) is 17.5 Å². The molecule has 1 atom stereocenters. The Labute approximate surface area is 111 Å². The van der Waals surface area contributed by atoms with Gasteiger partial charge in [-0.2, -0.15) is 5.10 Å². The van der Waals surface area contributed by atoms with Crippen molar-refractivity contribution < 1.29 is 9.84 Å². The monoisotopic (exact) mass is 259 g/mol. The molecule has 1 aromatic carbocycles. The van der Waals surface area contributed by atoms with Gasteiger partial charge in [-0.3, -0.25) is 0 Å². The molecule has 0 spiro atoms. The molecule has 0 bridgehead atoms. The van der Waals surface area contributed by atoms with E-state index in [1.807, 2.05) is 10.7 Å². The Morgan fingerprint density at radius 3 is 3.05 bits per heavy atom. The summed E-state index contributed by atoms with van der Waals surface area (Å²) in [6, 6.07) is 5.18. The molecule has 19 heavy (non-hydrogen) atoms. The number of rotatable bonds is 2. The van der Waals surface area contributed by atoms with E-state index in [-0.39, 0.29) is 5.75 Å². The van der Waals surface area contributed by atoms with E-state index in [0.717, 1.165) is 30.8 Å². The van der Waals surface area contributed by atoms with E-state index in [2.05, 4.69) is 17.0 Å². The minimum atomic E-state index is 0.129. The molecule has 5 nitrogen and oxygen atoms in total. The Bertz CT molecular complexity index is 607. The van der Waals surface area contributed by atoms with Gasteiger partial charge < -0.3 is 9.84 Å². The molecule has 0 amide bonds. The minimum Gasteiger partial charge on any atom is -0.504 e. The standard InChI is InChI=1S/C14H17N3O2/c1-9-3-6-13-15-14(16-17(13)8-9)10-4-5-11(18)12(7-10)19-2/h4-5,7,9,18H,3,6,8H2,1-2H3. The van der Waals surface area contributed by atoms with Crippen LogP contribution < -0.4 is 4.74 Å². The topological polar surface area (TPSA) is 60.2 Å². The van der Waals surface area contributed by atoms with Crippen molar-refractivity contribution in [3.05, 3.63) is 24.0 Å². The number of benzene rings is 1. The van der Waals surface area contributed by atoms with Crippen LogP contribution in [0.1, 0.15) is 19.2 Å². The van der Waals surface area contributed by atoms with Gasteiger partial charge in [0.25, 0.3) is 0 Å². The SMILES string of the molecule is COc1cc(-c2nc3n(n2)CC(C)CC3)ccc1O. The maximum absolute atomic E-state index is 9.61. The smallest absolute Gasteiger partial charge is 0.181 e. The van der Waals surface area contributed by atoms with Gasteiger partial charge in [-0.25, -0.2) is 9.67 Å². The fourth-order valence-electron chi connectivity index (χ4n) is 2.41. The van der Waals surface area contributed by atoms with Crippen LogP contribution in [0.15, 0.2) is 18.2 Å². The predicted molar refractivity (Wildman–Crippen MR) is 71.2 cm³/mol. The molecule has 2 heterocycles. The number of fused-ring (bicyclic) bond motifs is 1. The third kappa shape index (κ3) is 2.16. The Morgan fingerprint density at radius 1 is 1.42 bits per heavy atom. The van der Waals surface area contributed by atoms with Crippen molar-refractivity contribution >= 4 is 0 Å². The van der Waals surface area contributed by atoms with Crippen LogP contribution >= 0.6 is 0 Å². The number of hydrogen-bond acceptors (Lipinski definition) is 4. The van der Waals surface area contributed by atoms with Crippen LogP contribution in [0.2, 0.25) is 0 Å². The van der Waals surface area contributed by atoms with Crippen LogP contribution in [0, 0.1) is 5.92 Å². The molecule has 1 aliphatic heterocycles. The molecule has 3 rings (SSSR count). The largest absolute Gasteiger partial charge is 0.504 e. The minimum absolute atomic E-state index is 0.129. The van der Waals surface area contributed by atoms with Crippen molar-refractivity contribution in [2.45, 2.75) is 26.3 Å². The number of aromatic hydroxyl groups is 1. The zero-order valence-corrected chi connectivity index (χ0v) is 11.1. The molecule has 5 heteroatoms. The lowest BCUT2D eigenvalue weighted by Crippen LogP contribution is -2.18. The molecule has 100 valence electrons. The summed E-state index contributed by atoms with van der Waals surface area (Å²) in [6.07, 6.45) is 2.14. The van der Waals surface area contributed by atoms with Crippen molar-refractivity contribution in [3.63, 3.8) is 0 Å². The summed E-state index contributed by atoms with van der Waals surface area (Å²) in [5, 5.41) is 14.2. The van der Waals surface area contributed by atoms with Crippen LogP contribution in [0.4, 0.5) is 0 Å². The average molecular weight is 259 g/mol. The zero-order valence-electron chi connectivity index (χ0n) is 11.1. The van der Waals surface area contributed by atoms with Gasteiger partial charge in [0.2, 0.25) is 0 Å². The number of methoxy groups -OCH3 is 1. The molecule has 0 saturated carbocycles. The first-order valence-corrected chi connectivity index (χ1v) is 6.48. The maximum Gasteiger partial charge on any atom is 0.181 e. The number of aromatic nitrogens is 3. The number of ether oxygens (including phenoxy) is 1. The van der Waals surface area contributed by atoms with Crippen molar-refractivity contribution in [1.82, 2.24) is 14.8 Å². The number of aryl methyl sites for hydroxylation is 1. The van der Waals surface area contributed by atoms with Gasteiger partial charge in [-0.15, -0.1) is 0 Å². The second-order valence-electron chi connectivity index (χ2n) is 5.06. The molecule has 0 fully saturated rings. The normalized spacial score (nSPS) is 18.1. The molecule has 1 N–H and O–H groups in total. The van der Waals surface area contributed by atoms with Gasteiger partial charge in [0.1, 0.15) is 5.82 Å². The van der Waals surface area contributed by atoms with E-state index in [1.54, 1.807) is 12.1 Å². The molecule has 0 saturated heterocycles. The molecule has 1 aromatic heterocycles. The molecular formula is C14H17N3O2. The summed E-state index contributed by atoms with van der Waals surface area (Å²) in [5.74, 6) is 2.96. The van der Waals surface area contributed by atoms with E-state index < -0.39 is 0 Å². The average Bonchev–Trinajstić information content (AvgIpc) is 2.82. The van der Waals surface area contributed by atoms with Crippen molar-refractivity contribution in [3.8, 4) is 22.9 Å². The van der Waals surface area contributed by atoms with Crippen LogP contribution in [0.5, 0.6) is 11.5 Å². The highest BCUT2D eigenvalue weighted by molar-refractivity contribution is 5.60. The first kappa shape index (κ1) is 12.0. The predicted octanol–water partition coefficient (Wildman–Crippen LogP) is 2.24. The third-order valence-electron chi connectivity index (χ3n) is 3.53. The van der Waals surface area contributed by atoms with Crippen LogP contribution in [-0.2, 0) is 13.0 Å². The summed E-state index contributed by atoms with van der Waals surface area (Å²) >= 11 is 0. The summed E-state index contributed by atoms with van der Waals surface area (Å²) in [5.41, 5.74) is 0.865. The Hall–Kier alpha value is -2.04. The van der Waals surface area contributed by atoms with Crippen molar-refractivity contribution in [2.75, 3.05) is 7.11 Å². The lowest BCUT2D eigenvalue weighted by molar-refractivity contribution is 0.368. The number of nitrogens with zero attached hydrogens (tertiary/aromatic N) is 3. The van der Waals surface area contributed by atoms with Crippen LogP contribution in [-0.4, -0.2) is 27.0 Å². The molecule has 0 aliphatic carbocycles. The van der Waals surface area contributed by atoms with E-state index in [4.69, 9.17) is 4.74 Å². The highest BCUT2D eigenvalue weighted by Crippen LogP contribution is 2.30. The van der Waals surface area contributed by atoms with Gasteiger partial charge >= 0.3 is 0 Å². The van der Waals surface area contributed by atoms with E-state index in [1.165, 1.54) is 7.11 Å². The molecule has 2 aromatic rings. The Balaban J connectivity index is 1.99. The second-order valence-corrected chi connectivity index (χ2v) is 5.06. The van der Waals surface area contributed by atoms with Crippen molar-refractivity contribution in [1.29, 1.82) is 0 Å². The summed E-state index contributed by atoms with van der Waals surface area (Å²) in [6.45, 7) is 3.16. The highest BCUT2D eigenvalue weighted by Gasteiger charge is 2.19. The van der Waals surface area contributed by atoms with Gasteiger partial charge in [-0.1, -0.05) is 6.92 Å². The van der Waals surface area contributed by atoms with E-state index in [9.17, 15) is 5.11 Å². The van der Waals surface area contributed by atoms with Crippen molar-refractivity contribution in [2.24, 2.45) is 5.92 Å². The van der Waals surface area contributed by atoms with Gasteiger partial charge in [0, 0.05) is 18.5 Å². The Morgan fingerprint density at radius 2 is 2.26 bits per heavy atom. The first-order chi connectivity index (χ1) is 9.17. The van der Waals surface area contributed by atoms with Gasteiger partial charge in [0.15, 0.2) is 17.3 Å². The first-order valence-electron chi connectivity index (χ1n) is 6.48. The van der Waals surface area contributed by atoms with Crippen LogP contribution in [0.25, 0.3) is 11.4 Å². The fourth-order valence-corrected chi connectivity index (χ4v) is 2.41. The third-order valence-corrected chi connectivity index (χ3v) is 3.53. The molecular weight excluding hydrogens is 242 g/mol. The lowest BCUT2D eigenvalue weighted by Gasteiger charge is -2.17. The lowest BCUT2D eigenvalue weighted by atomic mass is 10.0. The number of phenols is 1. The van der Waals surface area contributed by atoms with Gasteiger partial charge in [-0.05, 0) is 30.5 Å². The van der Waals surface area contributed by atoms with Gasteiger partial charge in [0.05, 0.1) is 7.11 Å². The Kier molecular flexibility index (Phi) is 2.89. The maximum atomic E-state index is 9.61. The molecule has 0 radical (unpaired) electrons. The zero-order chi connectivity index (χ0) is 13.4. The molecule has 1 aliphatic rings. The summed E-state index contributed by atoms with van der Waals surface area (Å²) in [7, 11) is 1.53. The summed E-state index contributed by atoms with van der Waals surface area (Å²) in [4.78, 5) is 4.58. The number of hydrogen-bond donors (Lipinski definition) is 1. The molecule has 1 unspecified atom stereocenters. The highest BCUT2D eigenvalue weighted by atomic mass is 16.5. The number of phenolic OH excluding ortho intramolecular Hbond substituents is 1. The quantitative estimate of drug-likeness (QED) is 0.898. The summed E-state index contributed by atoms with van der Waals surface area (Å²) < 4.78 is 7.10. The fraction of sp³-hybridized carbons (Fsp3) is 0.429.